The molecule has 11 heteroatoms. The molecule has 4 N–H and O–H groups in total. The van der Waals surface area contributed by atoms with Crippen LogP contribution in [0.1, 0.15) is 25.7 Å². The van der Waals surface area contributed by atoms with E-state index in [1.165, 1.54) is 31.4 Å². The number of piperidine rings is 1. The number of H-pyrrole nitrogens is 1. The zero-order valence-corrected chi connectivity index (χ0v) is 20.6. The van der Waals surface area contributed by atoms with Crippen molar-refractivity contribution in [1.29, 1.82) is 0 Å². The Morgan fingerprint density at radius 3 is 2.58 bits per heavy atom. The van der Waals surface area contributed by atoms with E-state index in [9.17, 15) is 0 Å². The maximum atomic E-state index is 5.94. The van der Waals surface area contributed by atoms with Gasteiger partial charge < -0.3 is 35.5 Å². The second-order valence-corrected chi connectivity index (χ2v) is 10.9. The fraction of sp³-hybridized carbons (Fsp3) is 0.600. The van der Waals surface area contributed by atoms with Crippen LogP contribution in [0.3, 0.4) is 0 Å². The number of anilines is 4. The first-order valence-electron chi connectivity index (χ1n) is 13.2. The summed E-state index contributed by atoms with van der Waals surface area (Å²) in [6.07, 6.45) is 8.30. The lowest BCUT2D eigenvalue weighted by atomic mass is 9.60. The van der Waals surface area contributed by atoms with Crippen molar-refractivity contribution >= 4 is 34.4 Å². The Morgan fingerprint density at radius 1 is 1.00 bits per heavy atom. The van der Waals surface area contributed by atoms with Crippen LogP contribution in [-0.4, -0.2) is 89.5 Å². The van der Waals surface area contributed by atoms with Gasteiger partial charge in [0.1, 0.15) is 12.1 Å². The monoisotopic (exact) mass is 490 g/mol. The number of aromatic amines is 1. The molecule has 0 bridgehead atoms. The van der Waals surface area contributed by atoms with Crippen molar-refractivity contribution in [2.24, 2.45) is 11.1 Å². The molecule has 0 amide bonds. The number of morpholine rings is 1. The summed E-state index contributed by atoms with van der Waals surface area (Å²) < 4.78 is 5.50. The molecule has 3 aliphatic heterocycles. The van der Waals surface area contributed by atoms with Gasteiger partial charge in [-0.25, -0.2) is 19.9 Å². The van der Waals surface area contributed by atoms with E-state index in [1.807, 2.05) is 6.20 Å². The van der Waals surface area contributed by atoms with Crippen LogP contribution in [0.25, 0.3) is 11.2 Å². The molecule has 0 aromatic carbocycles. The van der Waals surface area contributed by atoms with Crippen molar-refractivity contribution in [3.05, 3.63) is 24.7 Å². The van der Waals surface area contributed by atoms with Gasteiger partial charge in [0.15, 0.2) is 17.0 Å². The normalized spacial score (nSPS) is 22.6. The fourth-order valence-corrected chi connectivity index (χ4v) is 6.28. The second kappa shape index (κ2) is 8.74. The van der Waals surface area contributed by atoms with Crippen LogP contribution < -0.4 is 25.8 Å². The molecule has 0 radical (unpaired) electrons. The van der Waals surface area contributed by atoms with E-state index in [0.717, 1.165) is 81.2 Å². The number of imidazole rings is 1. The van der Waals surface area contributed by atoms with E-state index < -0.39 is 0 Å². The molecule has 1 aliphatic carbocycles. The van der Waals surface area contributed by atoms with Gasteiger partial charge in [-0.3, -0.25) is 0 Å². The summed E-state index contributed by atoms with van der Waals surface area (Å²) >= 11 is 0. The summed E-state index contributed by atoms with van der Waals surface area (Å²) in [6.45, 7) is 7.00. The molecule has 36 heavy (non-hydrogen) atoms. The van der Waals surface area contributed by atoms with Gasteiger partial charge in [0.2, 0.25) is 5.95 Å². The predicted molar refractivity (Wildman–Crippen MR) is 140 cm³/mol. The number of ether oxygens (including phenoxy) is 1. The van der Waals surface area contributed by atoms with Gasteiger partial charge in [0.25, 0.3) is 0 Å². The summed E-state index contributed by atoms with van der Waals surface area (Å²) in [5.74, 6) is 2.79. The lowest BCUT2D eigenvalue weighted by Gasteiger charge is -2.52. The Morgan fingerprint density at radius 2 is 1.81 bits per heavy atom. The quantitative estimate of drug-likeness (QED) is 0.486. The van der Waals surface area contributed by atoms with E-state index in [4.69, 9.17) is 15.5 Å². The maximum Gasteiger partial charge on any atom is 0.205 e. The Balaban J connectivity index is 0.963. The fourth-order valence-electron chi connectivity index (χ4n) is 6.28. The molecular formula is C25H34N10O. The molecular weight excluding hydrogens is 456 g/mol. The first-order chi connectivity index (χ1) is 17.6. The van der Waals surface area contributed by atoms with Gasteiger partial charge in [0.05, 0.1) is 13.2 Å². The van der Waals surface area contributed by atoms with Crippen LogP contribution in [0.4, 0.5) is 23.3 Å². The zero-order chi connectivity index (χ0) is 24.1. The molecule has 0 unspecified atom stereocenters. The van der Waals surface area contributed by atoms with Crippen LogP contribution in [0, 0.1) is 5.41 Å². The average molecular weight is 491 g/mol. The highest BCUT2D eigenvalue weighted by atomic mass is 16.5. The second-order valence-electron chi connectivity index (χ2n) is 10.9. The van der Waals surface area contributed by atoms with E-state index >= 15 is 0 Å². The Kier molecular flexibility index (Phi) is 5.35. The van der Waals surface area contributed by atoms with Crippen molar-refractivity contribution < 1.29 is 4.74 Å². The molecule has 6 heterocycles. The first kappa shape index (κ1) is 22.1. The number of nitrogens with one attached hydrogen (secondary N) is 2. The van der Waals surface area contributed by atoms with E-state index in [1.54, 1.807) is 6.33 Å². The number of nitrogens with zero attached hydrogens (tertiary/aromatic N) is 7. The van der Waals surface area contributed by atoms with Crippen LogP contribution >= 0.6 is 0 Å². The van der Waals surface area contributed by atoms with Crippen LogP contribution in [0.15, 0.2) is 24.7 Å². The third-order valence-electron chi connectivity index (χ3n) is 8.41. The van der Waals surface area contributed by atoms with Crippen LogP contribution in [-0.2, 0) is 4.74 Å². The highest BCUT2D eigenvalue weighted by molar-refractivity contribution is 5.85. The summed E-state index contributed by atoms with van der Waals surface area (Å²) in [5, 5.41) is 3.67. The summed E-state index contributed by atoms with van der Waals surface area (Å²) in [4.78, 5) is 28.9. The largest absolute Gasteiger partial charge is 0.378 e. The average Bonchev–Trinajstić information content (AvgIpc) is 3.31. The minimum atomic E-state index is 0.297. The molecule has 3 saturated heterocycles. The molecule has 4 fully saturated rings. The Bertz CT molecular complexity index is 1220. The Labute approximate surface area is 210 Å². The van der Waals surface area contributed by atoms with Crippen molar-refractivity contribution in [3.63, 3.8) is 0 Å². The zero-order valence-electron chi connectivity index (χ0n) is 20.6. The van der Waals surface area contributed by atoms with Crippen LogP contribution in [0.5, 0.6) is 0 Å². The molecule has 0 atom stereocenters. The smallest absolute Gasteiger partial charge is 0.205 e. The number of pyridine rings is 1. The van der Waals surface area contributed by atoms with Crippen molar-refractivity contribution in [2.45, 2.75) is 37.8 Å². The standard InChI is InChI=1S/C25H34N10O/c26-17-14-35(15-17)19-1-4-27-20(11-19)30-18-12-25(13-18)2-5-34(6-3-25)24-31-21-22(32-24)28-16-29-23(21)33-7-9-36-10-8-33/h1,4,11,16-18H,2-3,5-10,12-15,26H2,(H,27,30)(H,28,29,31,32). The minimum Gasteiger partial charge on any atom is -0.378 e. The van der Waals surface area contributed by atoms with Crippen molar-refractivity contribution in [3.8, 4) is 0 Å². The Hall–Kier alpha value is -3.18. The van der Waals surface area contributed by atoms with Gasteiger partial charge in [0, 0.05) is 69.3 Å². The predicted octanol–water partition coefficient (Wildman–Crippen LogP) is 1.59. The van der Waals surface area contributed by atoms with Gasteiger partial charge in [-0.2, -0.15) is 0 Å². The molecule has 1 spiro atoms. The third-order valence-corrected chi connectivity index (χ3v) is 8.41. The summed E-state index contributed by atoms with van der Waals surface area (Å²) in [6, 6.07) is 5.03. The molecule has 4 aliphatic rings. The van der Waals surface area contributed by atoms with E-state index in [0.29, 0.717) is 17.5 Å². The van der Waals surface area contributed by atoms with Gasteiger partial charge in [-0.15, -0.1) is 0 Å². The highest BCUT2D eigenvalue weighted by Crippen LogP contribution is 2.50. The SMILES string of the molecule is NC1CN(c2ccnc(NC3CC4(CCN(c5nc6c(N7CCOCC7)ncnc6[nH]5)CC4)C3)c2)C1. The summed E-state index contributed by atoms with van der Waals surface area (Å²) in [7, 11) is 0. The lowest BCUT2D eigenvalue weighted by Crippen LogP contribution is -2.55. The molecule has 190 valence electrons. The first-order valence-corrected chi connectivity index (χ1v) is 13.2. The van der Waals surface area contributed by atoms with Gasteiger partial charge in [-0.05, 0) is 37.2 Å². The number of aromatic nitrogens is 5. The molecule has 1 saturated carbocycles. The van der Waals surface area contributed by atoms with Crippen molar-refractivity contribution in [2.75, 3.05) is 72.5 Å². The number of hydrogen-bond donors (Lipinski definition) is 3. The molecule has 7 rings (SSSR count). The number of rotatable bonds is 5. The third kappa shape index (κ3) is 4.00. The molecule has 3 aromatic rings. The van der Waals surface area contributed by atoms with Crippen LogP contribution in [0.2, 0.25) is 0 Å². The number of hydrogen-bond acceptors (Lipinski definition) is 10. The molecule has 3 aromatic heterocycles. The van der Waals surface area contributed by atoms with E-state index in [-0.39, 0.29) is 0 Å². The lowest BCUT2D eigenvalue weighted by molar-refractivity contribution is 0.0796. The van der Waals surface area contributed by atoms with Gasteiger partial charge >= 0.3 is 0 Å². The highest BCUT2D eigenvalue weighted by Gasteiger charge is 2.46. The maximum absolute atomic E-state index is 5.94. The molecule has 11 nitrogen and oxygen atoms in total. The van der Waals surface area contributed by atoms with Crippen molar-refractivity contribution in [1.82, 2.24) is 24.9 Å². The van der Waals surface area contributed by atoms with Gasteiger partial charge in [-0.1, -0.05) is 0 Å². The topological polar surface area (TPSA) is 124 Å². The number of fused-ring (bicyclic) bond motifs is 1. The minimum absolute atomic E-state index is 0.297. The number of nitrogens with two attached hydrogens (primary N) is 1. The van der Waals surface area contributed by atoms with E-state index in [2.05, 4.69) is 52.1 Å². The summed E-state index contributed by atoms with van der Waals surface area (Å²) in [5.41, 5.74) is 9.26.